The highest BCUT2D eigenvalue weighted by Crippen LogP contribution is 2.51. The van der Waals surface area contributed by atoms with E-state index in [1.54, 1.807) is 42.0 Å². The molecule has 0 radical (unpaired) electrons. The number of aliphatic hydroxyl groups excluding tert-OH is 1. The maximum Gasteiger partial charge on any atom is 0.309 e. The van der Waals surface area contributed by atoms with Crippen LogP contribution < -0.4 is 10.3 Å². The number of ketones is 1. The average molecular weight is 511 g/mol. The zero-order valence-electron chi connectivity index (χ0n) is 19.7. The van der Waals surface area contributed by atoms with Gasteiger partial charge in [-0.15, -0.1) is 11.3 Å². The fourth-order valence-corrected chi connectivity index (χ4v) is 6.22. The van der Waals surface area contributed by atoms with Gasteiger partial charge in [-0.3, -0.25) is 28.5 Å². The summed E-state index contributed by atoms with van der Waals surface area (Å²) < 4.78 is 8.72. The molecular formula is C24H24N5O6S+. The summed E-state index contributed by atoms with van der Waals surface area (Å²) in [5.41, 5.74) is 6.50. The number of fused-ring (bicyclic) bond motifs is 2. The number of hydrogen-bond donors (Lipinski definition) is 2. The SMILES string of the molecule is CC(=O)OC1=C(c2cn3cnc(C(=O)c4ccc[n+](CC(N)=O)c4)c3s2)[C@H](C)[C@@H]2[C@@H]([C@@H](C)O)C(=O)N12. The van der Waals surface area contributed by atoms with E-state index in [-0.39, 0.29) is 41.8 Å². The molecule has 0 aliphatic carbocycles. The number of nitrogens with two attached hydrogens (primary N) is 1. The number of ether oxygens (including phenoxy) is 1. The minimum absolute atomic E-state index is 0.0579. The number of primary amides is 1. The van der Waals surface area contributed by atoms with E-state index in [9.17, 15) is 24.3 Å². The summed E-state index contributed by atoms with van der Waals surface area (Å²) in [7, 11) is 0. The molecule has 0 unspecified atom stereocenters. The van der Waals surface area contributed by atoms with Crippen molar-refractivity contribution in [2.45, 2.75) is 39.5 Å². The number of hydrogen-bond acceptors (Lipinski definition) is 8. The van der Waals surface area contributed by atoms with Crippen LogP contribution >= 0.6 is 11.3 Å². The maximum absolute atomic E-state index is 13.3. The Kier molecular flexibility index (Phi) is 5.72. The van der Waals surface area contributed by atoms with Gasteiger partial charge in [0.05, 0.1) is 28.5 Å². The van der Waals surface area contributed by atoms with E-state index >= 15 is 0 Å². The van der Waals surface area contributed by atoms with Crippen molar-refractivity contribution < 1.29 is 33.6 Å². The van der Waals surface area contributed by atoms with Crippen LogP contribution in [0.5, 0.6) is 0 Å². The van der Waals surface area contributed by atoms with Crippen molar-refractivity contribution in [3.63, 3.8) is 0 Å². The van der Waals surface area contributed by atoms with Gasteiger partial charge in [-0.2, -0.15) is 4.57 Å². The molecule has 1 saturated heterocycles. The molecule has 186 valence electrons. The molecule has 12 heteroatoms. The third-order valence-corrected chi connectivity index (χ3v) is 7.66. The Hall–Kier alpha value is -3.90. The second kappa shape index (κ2) is 8.64. The first-order valence-electron chi connectivity index (χ1n) is 11.3. The summed E-state index contributed by atoms with van der Waals surface area (Å²) in [6, 6.07) is 2.96. The molecule has 5 rings (SSSR count). The van der Waals surface area contributed by atoms with Crippen LogP contribution in [0.25, 0.3) is 10.4 Å². The fraction of sp³-hybridized carbons (Fsp3) is 0.333. The lowest BCUT2D eigenvalue weighted by molar-refractivity contribution is -0.684. The summed E-state index contributed by atoms with van der Waals surface area (Å²) in [6.07, 6.45) is 5.65. The van der Waals surface area contributed by atoms with Gasteiger partial charge in [0, 0.05) is 30.7 Å². The molecule has 1 fully saturated rings. The average Bonchev–Trinajstić information content (AvgIpc) is 3.42. The quantitative estimate of drug-likeness (QED) is 0.203. The van der Waals surface area contributed by atoms with Gasteiger partial charge >= 0.3 is 5.97 Å². The molecule has 11 nitrogen and oxygen atoms in total. The van der Waals surface area contributed by atoms with E-state index < -0.39 is 23.9 Å². The van der Waals surface area contributed by atoms with Gasteiger partial charge in [0.25, 0.3) is 5.91 Å². The summed E-state index contributed by atoms with van der Waals surface area (Å²) >= 11 is 1.29. The highest BCUT2D eigenvalue weighted by molar-refractivity contribution is 7.18. The monoisotopic (exact) mass is 510 g/mol. The number of amides is 2. The Morgan fingerprint density at radius 2 is 2.11 bits per heavy atom. The number of thiazole rings is 1. The number of esters is 1. The van der Waals surface area contributed by atoms with E-state index in [0.29, 0.717) is 20.8 Å². The van der Waals surface area contributed by atoms with Gasteiger partial charge in [-0.25, -0.2) is 4.98 Å². The molecule has 0 bridgehead atoms. The summed E-state index contributed by atoms with van der Waals surface area (Å²) in [5, 5.41) is 10.1. The zero-order chi connectivity index (χ0) is 25.9. The van der Waals surface area contributed by atoms with Crippen LogP contribution in [0.15, 0.2) is 42.9 Å². The molecule has 2 amide bonds. The molecular weight excluding hydrogens is 486 g/mol. The lowest BCUT2D eigenvalue weighted by Crippen LogP contribution is -2.63. The number of imidazole rings is 1. The van der Waals surface area contributed by atoms with Crippen molar-refractivity contribution in [3.8, 4) is 0 Å². The minimum Gasteiger partial charge on any atom is -0.409 e. The predicted molar refractivity (Wildman–Crippen MR) is 126 cm³/mol. The van der Waals surface area contributed by atoms with Crippen molar-refractivity contribution in [2.24, 2.45) is 17.6 Å². The first-order valence-corrected chi connectivity index (χ1v) is 12.1. The molecule has 2 aliphatic rings. The van der Waals surface area contributed by atoms with Gasteiger partial charge < -0.3 is 15.6 Å². The third-order valence-electron chi connectivity index (χ3n) is 6.52. The van der Waals surface area contributed by atoms with Crippen LogP contribution in [-0.2, 0) is 25.7 Å². The molecule has 0 spiro atoms. The van der Waals surface area contributed by atoms with E-state index in [1.165, 1.54) is 34.1 Å². The van der Waals surface area contributed by atoms with Crippen molar-refractivity contribution in [1.29, 1.82) is 0 Å². The van der Waals surface area contributed by atoms with Crippen LogP contribution in [0.4, 0.5) is 0 Å². The lowest BCUT2D eigenvalue weighted by Gasteiger charge is -2.46. The number of pyridine rings is 1. The number of carbonyl (C=O) groups is 4. The van der Waals surface area contributed by atoms with Crippen LogP contribution in [-0.4, -0.2) is 55.1 Å². The number of aliphatic hydroxyl groups is 1. The molecule has 3 aromatic heterocycles. The van der Waals surface area contributed by atoms with Gasteiger partial charge in [-0.05, 0) is 13.0 Å². The second-order valence-electron chi connectivity index (χ2n) is 9.03. The lowest BCUT2D eigenvalue weighted by atomic mass is 9.77. The highest BCUT2D eigenvalue weighted by atomic mass is 32.1. The fourth-order valence-electron chi connectivity index (χ4n) is 5.01. The summed E-state index contributed by atoms with van der Waals surface area (Å²) in [4.78, 5) is 56.2. The van der Waals surface area contributed by atoms with Gasteiger partial charge in [0.1, 0.15) is 16.9 Å². The van der Waals surface area contributed by atoms with Gasteiger partial charge in [0.2, 0.25) is 24.1 Å². The van der Waals surface area contributed by atoms with Crippen LogP contribution in [0, 0.1) is 11.8 Å². The van der Waals surface area contributed by atoms with E-state index in [4.69, 9.17) is 10.5 Å². The van der Waals surface area contributed by atoms with Crippen molar-refractivity contribution in [1.82, 2.24) is 14.3 Å². The Labute approximate surface area is 209 Å². The van der Waals surface area contributed by atoms with Crippen molar-refractivity contribution in [2.75, 3.05) is 0 Å². The van der Waals surface area contributed by atoms with Crippen molar-refractivity contribution >= 4 is 45.3 Å². The van der Waals surface area contributed by atoms with E-state index in [0.717, 1.165) is 0 Å². The third kappa shape index (κ3) is 3.69. The first-order chi connectivity index (χ1) is 17.1. The molecule has 3 N–H and O–H groups in total. The smallest absolute Gasteiger partial charge is 0.309 e. The van der Waals surface area contributed by atoms with Gasteiger partial charge in [0.15, 0.2) is 12.4 Å². The van der Waals surface area contributed by atoms with Crippen LogP contribution in [0.1, 0.15) is 41.7 Å². The number of aromatic nitrogens is 3. The van der Waals surface area contributed by atoms with Gasteiger partial charge in [-0.1, -0.05) is 6.92 Å². The Balaban J connectivity index is 1.54. The zero-order valence-corrected chi connectivity index (χ0v) is 20.6. The number of nitrogens with zero attached hydrogens (tertiary/aromatic N) is 4. The normalized spacial score (nSPS) is 21.9. The topological polar surface area (TPSA) is 148 Å². The minimum atomic E-state index is -0.838. The first kappa shape index (κ1) is 23.8. The molecule has 4 atom stereocenters. The number of carbonyl (C=O) groups excluding carboxylic acids is 4. The number of β-lactam (4-membered cyclic amide) rings is 1. The summed E-state index contributed by atoms with van der Waals surface area (Å²) in [5.74, 6) is -2.33. The molecule has 0 aromatic carbocycles. The summed E-state index contributed by atoms with van der Waals surface area (Å²) in [6.45, 7) is 4.71. The number of rotatable bonds is 7. The van der Waals surface area contributed by atoms with Crippen LogP contribution in [0.2, 0.25) is 0 Å². The van der Waals surface area contributed by atoms with E-state index in [2.05, 4.69) is 4.98 Å². The Bertz CT molecular complexity index is 1470. The second-order valence-corrected chi connectivity index (χ2v) is 10.1. The molecule has 2 aliphatic heterocycles. The molecule has 3 aromatic rings. The highest BCUT2D eigenvalue weighted by Gasteiger charge is 2.60. The molecule has 36 heavy (non-hydrogen) atoms. The Morgan fingerprint density at radius 3 is 2.78 bits per heavy atom. The van der Waals surface area contributed by atoms with Crippen LogP contribution in [0.3, 0.4) is 0 Å². The van der Waals surface area contributed by atoms with Crippen molar-refractivity contribution in [3.05, 3.63) is 59.1 Å². The largest absolute Gasteiger partial charge is 0.409 e. The standard InChI is InChI=1S/C24H23N5O6S/c1-11-17(23(35-13(3)31)29-20(11)18(12(2)30)22(29)34)15-8-28-10-26-19(24(28)36-15)21(33)14-5-4-6-27(7-14)9-16(25)32/h4-8,10-12,18,20,30H,9H2,1-3H3,(H-,25,32)/p+1/t11-,12+,18+,20+/m0/s1. The Morgan fingerprint density at radius 1 is 1.36 bits per heavy atom. The molecule has 0 saturated carbocycles. The van der Waals surface area contributed by atoms with E-state index in [1.807, 2.05) is 6.92 Å². The maximum atomic E-state index is 13.3. The molecule has 5 heterocycles. The predicted octanol–water partition coefficient (Wildman–Crippen LogP) is 0.489.